The van der Waals surface area contributed by atoms with Gasteiger partial charge in [-0.1, -0.05) is 71.4 Å². The van der Waals surface area contributed by atoms with Crippen LogP contribution >= 0.6 is 24.4 Å². The Hall–Kier alpha value is -2.34. The van der Waals surface area contributed by atoms with Gasteiger partial charge < -0.3 is 19.3 Å². The average molecular weight is 565 g/mol. The van der Waals surface area contributed by atoms with Crippen molar-refractivity contribution in [1.82, 2.24) is 0 Å². The lowest BCUT2D eigenvalue weighted by atomic mass is 10.2. The Morgan fingerprint density at radius 2 is 1.36 bits per heavy atom. The van der Waals surface area contributed by atoms with Crippen LogP contribution in [0.1, 0.15) is 56.9 Å². The number of hydrogen-bond donors (Lipinski definition) is 2. The highest BCUT2D eigenvalue weighted by molar-refractivity contribution is 7.99. The van der Waals surface area contributed by atoms with E-state index in [0.29, 0.717) is 12.8 Å². The van der Waals surface area contributed by atoms with E-state index in [1.165, 1.54) is 36.1 Å². The Bertz CT molecular complexity index is 1060. The van der Waals surface area contributed by atoms with E-state index in [2.05, 4.69) is 79.3 Å². The average Bonchev–Trinajstić information content (AvgIpc) is 2.97. The molecule has 2 saturated heterocycles. The molecule has 6 heteroatoms. The predicted molar refractivity (Wildman–Crippen MR) is 164 cm³/mol. The second kappa shape index (κ2) is 22.5. The Kier molecular flexibility index (Phi) is 18.9. The monoisotopic (exact) mass is 564 g/mol. The van der Waals surface area contributed by atoms with Crippen LogP contribution in [0.3, 0.4) is 0 Å². The third-order valence-corrected chi connectivity index (χ3v) is 6.67. The molecule has 4 rings (SSSR count). The molecule has 0 aromatic heterocycles. The van der Waals surface area contributed by atoms with Crippen LogP contribution in [0.4, 0.5) is 0 Å². The number of ether oxygens (including phenoxy) is 3. The highest BCUT2D eigenvalue weighted by Crippen LogP contribution is 2.20. The van der Waals surface area contributed by atoms with Gasteiger partial charge in [0.25, 0.3) is 0 Å². The molecular formula is C33H40O4S2. The predicted octanol–water partition coefficient (Wildman–Crippen LogP) is 6.90. The number of benzene rings is 2. The summed E-state index contributed by atoms with van der Waals surface area (Å²) in [7, 11) is 0. The molecule has 0 bridgehead atoms. The molecule has 2 aliphatic heterocycles. The van der Waals surface area contributed by atoms with Crippen LogP contribution in [-0.4, -0.2) is 43.3 Å². The van der Waals surface area contributed by atoms with E-state index in [9.17, 15) is 0 Å². The highest BCUT2D eigenvalue weighted by Gasteiger charge is 2.21. The highest BCUT2D eigenvalue weighted by atomic mass is 32.2. The Labute approximate surface area is 245 Å². The maximum absolute atomic E-state index is 8.43. The van der Waals surface area contributed by atoms with Crippen LogP contribution in [0.2, 0.25) is 0 Å². The minimum absolute atomic E-state index is 0.00292. The Morgan fingerprint density at radius 3 is 1.85 bits per heavy atom. The SMILES string of the molecule is C1CCC(OC2CCCCO2)OC1.Cc1ccc(SCC#CCC#CCC#CCO)cc1.Sc1ccccc1. The quantitative estimate of drug-likeness (QED) is 0.240. The normalized spacial score (nSPS) is 17.6. The van der Waals surface area contributed by atoms with Gasteiger partial charge >= 0.3 is 0 Å². The first kappa shape index (κ1) is 32.9. The van der Waals surface area contributed by atoms with Gasteiger partial charge in [0.15, 0.2) is 12.6 Å². The largest absolute Gasteiger partial charge is 0.384 e. The second-order valence-electron chi connectivity index (χ2n) is 8.74. The van der Waals surface area contributed by atoms with E-state index < -0.39 is 0 Å². The number of rotatable bonds is 4. The fourth-order valence-corrected chi connectivity index (χ4v) is 4.28. The molecule has 2 heterocycles. The molecular weight excluding hydrogens is 524 g/mol. The lowest BCUT2D eigenvalue weighted by molar-refractivity contribution is -0.264. The van der Waals surface area contributed by atoms with Gasteiger partial charge in [-0.25, -0.2) is 0 Å². The molecule has 2 aromatic carbocycles. The number of aryl methyl sites for hydroxylation is 1. The molecule has 0 aliphatic carbocycles. The summed E-state index contributed by atoms with van der Waals surface area (Å²) < 4.78 is 16.6. The van der Waals surface area contributed by atoms with Crippen LogP contribution in [-0.2, 0) is 14.2 Å². The number of hydrogen-bond acceptors (Lipinski definition) is 6. The minimum atomic E-state index is -0.0995. The number of aliphatic hydroxyl groups is 1. The van der Waals surface area contributed by atoms with E-state index in [1.807, 2.05) is 30.3 Å². The Morgan fingerprint density at radius 1 is 0.795 bits per heavy atom. The van der Waals surface area contributed by atoms with Crippen LogP contribution < -0.4 is 0 Å². The van der Waals surface area contributed by atoms with Crippen molar-refractivity contribution >= 4 is 24.4 Å². The summed E-state index contributed by atoms with van der Waals surface area (Å²) in [6.07, 6.45) is 7.91. The molecule has 0 saturated carbocycles. The van der Waals surface area contributed by atoms with Crippen LogP contribution in [0, 0.1) is 42.4 Å². The summed E-state index contributed by atoms with van der Waals surface area (Å²) in [6, 6.07) is 18.2. The third-order valence-electron chi connectivity index (χ3n) is 5.48. The molecule has 0 spiro atoms. The standard InChI is InChI=1S/C17H16OS.C10H18O3.C6H6S/c1-16-10-12-17(13-11-16)19-15-9-7-5-3-2-4-6-8-14-18;1-3-7-11-9(5-1)13-10-6-2-4-8-12-10;7-6-4-2-1-3-5-6/h10-13,18H,4-5,14-15H2,1H3;9-10H,1-8H2;1-5,7H. The summed E-state index contributed by atoms with van der Waals surface area (Å²) in [5.41, 5.74) is 1.27. The smallest absolute Gasteiger partial charge is 0.160 e. The fourth-order valence-electron chi connectivity index (χ4n) is 3.43. The van der Waals surface area contributed by atoms with Crippen molar-refractivity contribution in [2.24, 2.45) is 0 Å². The van der Waals surface area contributed by atoms with Gasteiger partial charge in [0.05, 0.1) is 18.6 Å². The first-order valence-electron chi connectivity index (χ1n) is 13.5. The zero-order valence-electron chi connectivity index (χ0n) is 22.9. The van der Waals surface area contributed by atoms with Gasteiger partial charge in [-0.2, -0.15) is 0 Å². The van der Waals surface area contributed by atoms with Crippen molar-refractivity contribution in [2.45, 2.75) is 80.7 Å². The van der Waals surface area contributed by atoms with Crippen molar-refractivity contribution in [3.05, 3.63) is 60.2 Å². The van der Waals surface area contributed by atoms with E-state index >= 15 is 0 Å². The zero-order chi connectivity index (χ0) is 27.8. The number of aliphatic hydroxyl groups excluding tert-OH is 1. The molecule has 0 radical (unpaired) electrons. The van der Waals surface area contributed by atoms with Crippen molar-refractivity contribution < 1.29 is 19.3 Å². The lowest BCUT2D eigenvalue weighted by Crippen LogP contribution is -2.31. The zero-order valence-corrected chi connectivity index (χ0v) is 24.6. The lowest BCUT2D eigenvalue weighted by Gasteiger charge is -2.29. The summed E-state index contributed by atoms with van der Waals surface area (Å²) in [5.74, 6) is 18.0. The fraction of sp³-hybridized carbons (Fsp3) is 0.455. The summed E-state index contributed by atoms with van der Waals surface area (Å²) in [6.45, 7) is 3.67. The van der Waals surface area contributed by atoms with Gasteiger partial charge in [0.1, 0.15) is 6.61 Å². The molecule has 1 N–H and O–H groups in total. The van der Waals surface area contributed by atoms with Gasteiger partial charge in [0, 0.05) is 23.0 Å². The van der Waals surface area contributed by atoms with E-state index in [1.54, 1.807) is 11.8 Å². The van der Waals surface area contributed by atoms with E-state index in [0.717, 1.165) is 36.7 Å². The molecule has 2 atom stereocenters. The molecule has 0 amide bonds. The van der Waals surface area contributed by atoms with Gasteiger partial charge in [-0.05, 0) is 69.7 Å². The molecule has 2 unspecified atom stereocenters. The van der Waals surface area contributed by atoms with E-state index in [4.69, 9.17) is 19.3 Å². The van der Waals surface area contributed by atoms with Crippen molar-refractivity contribution in [1.29, 1.82) is 0 Å². The van der Waals surface area contributed by atoms with Crippen molar-refractivity contribution in [2.75, 3.05) is 25.6 Å². The molecule has 2 aromatic rings. The molecule has 4 nitrogen and oxygen atoms in total. The number of thiol groups is 1. The summed E-state index contributed by atoms with van der Waals surface area (Å²) >= 11 is 5.82. The Balaban J connectivity index is 0.000000228. The minimum Gasteiger partial charge on any atom is -0.384 e. The van der Waals surface area contributed by atoms with Crippen LogP contribution in [0.15, 0.2) is 64.4 Å². The number of thioether (sulfide) groups is 1. The van der Waals surface area contributed by atoms with Crippen molar-refractivity contribution in [3.63, 3.8) is 0 Å². The molecule has 208 valence electrons. The van der Waals surface area contributed by atoms with Crippen LogP contribution in [0.25, 0.3) is 0 Å². The maximum Gasteiger partial charge on any atom is 0.160 e. The third kappa shape index (κ3) is 17.8. The molecule has 2 aliphatic rings. The van der Waals surface area contributed by atoms with E-state index in [-0.39, 0.29) is 19.2 Å². The topological polar surface area (TPSA) is 47.9 Å². The van der Waals surface area contributed by atoms with Crippen LogP contribution in [0.5, 0.6) is 0 Å². The summed E-state index contributed by atoms with van der Waals surface area (Å²) in [4.78, 5) is 2.26. The van der Waals surface area contributed by atoms with Gasteiger partial charge in [0.2, 0.25) is 0 Å². The molecule has 2 fully saturated rings. The first-order valence-corrected chi connectivity index (χ1v) is 14.9. The van der Waals surface area contributed by atoms with Gasteiger partial charge in [-0.3, -0.25) is 0 Å². The second-order valence-corrected chi connectivity index (χ2v) is 10.3. The molecule has 39 heavy (non-hydrogen) atoms. The summed E-state index contributed by atoms with van der Waals surface area (Å²) in [5, 5.41) is 8.43. The first-order chi connectivity index (χ1) is 19.2. The maximum atomic E-state index is 8.43. The van der Waals surface area contributed by atoms with Crippen molar-refractivity contribution in [3.8, 4) is 35.5 Å². The van der Waals surface area contributed by atoms with Gasteiger partial charge in [-0.15, -0.1) is 24.4 Å².